The molecule has 3 rings (SSSR count). The number of halogens is 3. The summed E-state index contributed by atoms with van der Waals surface area (Å²) in [6.45, 7) is -0.633. The highest BCUT2D eigenvalue weighted by Crippen LogP contribution is 2.47. The van der Waals surface area contributed by atoms with Gasteiger partial charge in [-0.25, -0.2) is 13.2 Å². The van der Waals surface area contributed by atoms with E-state index in [1.807, 2.05) is 0 Å². The van der Waals surface area contributed by atoms with Crippen molar-refractivity contribution in [2.45, 2.75) is 42.1 Å². The van der Waals surface area contributed by atoms with E-state index in [2.05, 4.69) is 0 Å². The van der Waals surface area contributed by atoms with E-state index in [0.717, 1.165) is 17.9 Å². The summed E-state index contributed by atoms with van der Waals surface area (Å²) in [5.41, 5.74) is -0.193. The van der Waals surface area contributed by atoms with Crippen LogP contribution in [0.15, 0.2) is 11.6 Å². The SMILES string of the molecule is C[C@]1(/C=C2/CCN(CC(F)(F)F)C2=O)[C@H](C(=O)O)N2C(=O)C[C@H]2S1(=O)=O. The van der Waals surface area contributed by atoms with E-state index >= 15 is 0 Å². The number of β-lactam (4-membered cyclic amide) rings is 1. The first-order chi connectivity index (χ1) is 11.8. The lowest BCUT2D eigenvalue weighted by atomic mass is 9.94. The molecule has 0 unspecified atom stereocenters. The van der Waals surface area contributed by atoms with Gasteiger partial charge in [0, 0.05) is 12.1 Å². The Bertz CT molecular complexity index is 836. The standard InChI is InChI=1S/C14H15F3N2O6S/c1-13(5-7-2-3-18(11(7)21)6-14(15,16)17)10(12(22)23)19-8(20)4-9(19)26(13,24)25/h5,9-10H,2-4,6H2,1H3,(H,22,23)/b7-5-/t9-,10+,13+/m1/s1. The Hall–Kier alpha value is -2.11. The van der Waals surface area contributed by atoms with Crippen molar-refractivity contribution in [2.24, 2.45) is 0 Å². The van der Waals surface area contributed by atoms with Gasteiger partial charge in [0.25, 0.3) is 0 Å². The van der Waals surface area contributed by atoms with Crippen LogP contribution in [-0.4, -0.2) is 76.5 Å². The number of amides is 2. The maximum absolute atomic E-state index is 12.7. The third kappa shape index (κ3) is 2.49. The normalized spacial score (nSPS) is 35.0. The van der Waals surface area contributed by atoms with E-state index in [1.165, 1.54) is 0 Å². The minimum Gasteiger partial charge on any atom is -0.480 e. The Labute approximate surface area is 146 Å². The van der Waals surface area contributed by atoms with Gasteiger partial charge in [0.05, 0.1) is 6.42 Å². The molecule has 0 aliphatic carbocycles. The molecule has 3 saturated heterocycles. The molecule has 0 aromatic carbocycles. The smallest absolute Gasteiger partial charge is 0.406 e. The number of rotatable bonds is 3. The average molecular weight is 396 g/mol. The third-order valence-electron chi connectivity index (χ3n) is 5.02. The van der Waals surface area contributed by atoms with Crippen LogP contribution in [0, 0.1) is 0 Å². The number of fused-ring (bicyclic) bond motifs is 1. The fraction of sp³-hybridized carbons (Fsp3) is 0.643. The molecule has 0 aromatic rings. The quantitative estimate of drug-likeness (QED) is 0.527. The highest BCUT2D eigenvalue weighted by atomic mass is 32.2. The summed E-state index contributed by atoms with van der Waals surface area (Å²) in [7, 11) is -4.16. The van der Waals surface area contributed by atoms with Crippen LogP contribution in [0.4, 0.5) is 13.2 Å². The van der Waals surface area contributed by atoms with Crippen LogP contribution in [0.1, 0.15) is 19.8 Å². The van der Waals surface area contributed by atoms with Crippen LogP contribution in [0.3, 0.4) is 0 Å². The van der Waals surface area contributed by atoms with E-state index in [9.17, 15) is 41.1 Å². The van der Waals surface area contributed by atoms with Crippen LogP contribution in [0.2, 0.25) is 0 Å². The molecule has 26 heavy (non-hydrogen) atoms. The minimum absolute atomic E-state index is 0.134. The maximum Gasteiger partial charge on any atom is 0.406 e. The number of alkyl halides is 3. The Balaban J connectivity index is 1.99. The summed E-state index contributed by atoms with van der Waals surface area (Å²) in [4.78, 5) is 36.8. The fourth-order valence-corrected chi connectivity index (χ4v) is 6.05. The lowest BCUT2D eigenvalue weighted by molar-refractivity contribution is -0.157. The van der Waals surface area contributed by atoms with Gasteiger partial charge in [0.2, 0.25) is 11.8 Å². The second kappa shape index (κ2) is 5.44. The molecule has 2 amide bonds. The molecule has 3 heterocycles. The van der Waals surface area contributed by atoms with Gasteiger partial charge >= 0.3 is 12.1 Å². The van der Waals surface area contributed by atoms with E-state index in [0.29, 0.717) is 4.90 Å². The molecule has 0 aromatic heterocycles. The van der Waals surface area contributed by atoms with Gasteiger partial charge in [-0.3, -0.25) is 9.59 Å². The molecule has 1 N–H and O–H groups in total. The molecule has 3 fully saturated rings. The van der Waals surface area contributed by atoms with Gasteiger partial charge in [-0.1, -0.05) is 6.08 Å². The zero-order valence-corrected chi connectivity index (χ0v) is 14.3. The maximum atomic E-state index is 12.7. The van der Waals surface area contributed by atoms with Gasteiger partial charge in [-0.05, 0) is 13.3 Å². The first kappa shape index (κ1) is 18.7. The van der Waals surface area contributed by atoms with Crippen molar-refractivity contribution in [3.8, 4) is 0 Å². The summed E-state index contributed by atoms with van der Waals surface area (Å²) in [5, 5.41) is 8.14. The molecule has 12 heteroatoms. The zero-order chi connectivity index (χ0) is 19.7. The molecule has 3 atom stereocenters. The van der Waals surface area contributed by atoms with Gasteiger partial charge in [-0.2, -0.15) is 13.2 Å². The van der Waals surface area contributed by atoms with Crippen molar-refractivity contribution < 1.29 is 41.1 Å². The molecule has 8 nitrogen and oxygen atoms in total. The lowest BCUT2D eigenvalue weighted by Crippen LogP contribution is -2.57. The number of carboxylic acids is 1. The number of hydrogen-bond acceptors (Lipinski definition) is 5. The Morgan fingerprint density at radius 3 is 2.50 bits per heavy atom. The number of nitrogens with zero attached hydrogens (tertiary/aromatic N) is 2. The molecule has 0 bridgehead atoms. The number of aliphatic carboxylic acids is 1. The largest absolute Gasteiger partial charge is 0.480 e. The number of sulfone groups is 1. The van der Waals surface area contributed by atoms with Crippen molar-refractivity contribution in [1.82, 2.24) is 9.80 Å². The summed E-state index contributed by atoms with van der Waals surface area (Å²) in [6, 6.07) is -1.73. The highest BCUT2D eigenvalue weighted by molar-refractivity contribution is 7.94. The number of likely N-dealkylation sites (tertiary alicyclic amines) is 1. The molecule has 3 aliphatic rings. The number of carboxylic acid groups (broad SMARTS) is 1. The van der Waals surface area contributed by atoms with Crippen LogP contribution in [0.25, 0.3) is 0 Å². The Morgan fingerprint density at radius 2 is 2.00 bits per heavy atom. The predicted molar refractivity (Wildman–Crippen MR) is 79.3 cm³/mol. The number of hydrogen-bond donors (Lipinski definition) is 1. The highest BCUT2D eigenvalue weighted by Gasteiger charge is 2.69. The van der Waals surface area contributed by atoms with Crippen LogP contribution < -0.4 is 0 Å². The molecule has 0 saturated carbocycles. The van der Waals surface area contributed by atoms with Crippen molar-refractivity contribution >= 4 is 27.6 Å². The van der Waals surface area contributed by atoms with Crippen molar-refractivity contribution in [2.75, 3.05) is 13.1 Å². The van der Waals surface area contributed by atoms with Crippen molar-refractivity contribution in [3.63, 3.8) is 0 Å². The van der Waals surface area contributed by atoms with E-state index < -0.39 is 56.5 Å². The predicted octanol–water partition coefficient (Wildman–Crippen LogP) is -0.0939. The third-order valence-corrected chi connectivity index (χ3v) is 7.70. The Morgan fingerprint density at radius 1 is 1.38 bits per heavy atom. The fourth-order valence-electron chi connectivity index (χ4n) is 3.73. The summed E-state index contributed by atoms with van der Waals surface area (Å²) in [5.74, 6) is -3.17. The second-order valence-corrected chi connectivity index (χ2v) is 9.20. The lowest BCUT2D eigenvalue weighted by Gasteiger charge is -2.35. The van der Waals surface area contributed by atoms with Gasteiger partial charge in [-0.15, -0.1) is 0 Å². The Kier molecular flexibility index (Phi) is 3.91. The first-order valence-corrected chi connectivity index (χ1v) is 9.19. The van der Waals surface area contributed by atoms with Crippen LogP contribution in [-0.2, 0) is 24.2 Å². The zero-order valence-electron chi connectivity index (χ0n) is 13.5. The topological polar surface area (TPSA) is 112 Å². The summed E-state index contributed by atoms with van der Waals surface area (Å²) >= 11 is 0. The number of carbonyl (C=O) groups is 3. The van der Waals surface area contributed by atoms with Crippen molar-refractivity contribution in [1.29, 1.82) is 0 Å². The molecule has 144 valence electrons. The average Bonchev–Trinajstić information content (AvgIpc) is 2.86. The van der Waals surface area contributed by atoms with Gasteiger partial charge < -0.3 is 14.9 Å². The minimum atomic E-state index is -4.60. The molecule has 0 radical (unpaired) electrons. The van der Waals surface area contributed by atoms with Gasteiger partial charge in [0.1, 0.15) is 16.7 Å². The van der Waals surface area contributed by atoms with E-state index in [1.54, 1.807) is 0 Å². The summed E-state index contributed by atoms with van der Waals surface area (Å²) < 4.78 is 60.9. The van der Waals surface area contributed by atoms with Gasteiger partial charge in [0.15, 0.2) is 15.9 Å². The number of carbonyl (C=O) groups excluding carboxylic acids is 2. The monoisotopic (exact) mass is 396 g/mol. The van der Waals surface area contributed by atoms with Crippen molar-refractivity contribution in [3.05, 3.63) is 11.6 Å². The van der Waals surface area contributed by atoms with Crippen LogP contribution in [0.5, 0.6) is 0 Å². The van der Waals surface area contributed by atoms with E-state index in [4.69, 9.17) is 0 Å². The first-order valence-electron chi connectivity index (χ1n) is 7.65. The molecular formula is C14H15F3N2O6S. The molecule has 0 spiro atoms. The molecular weight excluding hydrogens is 381 g/mol. The summed E-state index contributed by atoms with van der Waals surface area (Å²) in [6.07, 6.45) is -4.16. The van der Waals surface area contributed by atoms with E-state index in [-0.39, 0.29) is 25.0 Å². The molecule has 3 aliphatic heterocycles. The second-order valence-electron chi connectivity index (χ2n) is 6.69. The van der Waals surface area contributed by atoms with Crippen LogP contribution >= 0.6 is 0 Å².